The zero-order valence-electron chi connectivity index (χ0n) is 12.2. The van der Waals surface area contributed by atoms with Crippen LogP contribution in [0.3, 0.4) is 0 Å². The van der Waals surface area contributed by atoms with E-state index >= 15 is 0 Å². The molecule has 1 atom stereocenters. The van der Waals surface area contributed by atoms with Crippen molar-refractivity contribution in [3.8, 4) is 0 Å². The largest absolute Gasteiger partial charge is 0.384 e. The molecule has 2 aromatic rings. The van der Waals surface area contributed by atoms with Crippen molar-refractivity contribution in [3.05, 3.63) is 29.6 Å². The lowest BCUT2D eigenvalue weighted by Gasteiger charge is -2.10. The molecule has 6 heteroatoms. The van der Waals surface area contributed by atoms with Gasteiger partial charge in [-0.05, 0) is 31.0 Å². The maximum atomic E-state index is 12.3. The van der Waals surface area contributed by atoms with Gasteiger partial charge in [-0.1, -0.05) is 6.07 Å². The van der Waals surface area contributed by atoms with E-state index in [0.717, 1.165) is 23.3 Å². The van der Waals surface area contributed by atoms with E-state index in [1.165, 1.54) is 12.5 Å². The number of alkyl halides is 2. The molecule has 1 heterocycles. The van der Waals surface area contributed by atoms with Crippen LogP contribution in [0.2, 0.25) is 0 Å². The third-order valence-electron chi connectivity index (χ3n) is 3.26. The fourth-order valence-electron chi connectivity index (χ4n) is 2.02. The molecule has 0 aliphatic rings. The quantitative estimate of drug-likeness (QED) is 0.815. The lowest BCUT2D eigenvalue weighted by Crippen LogP contribution is -2.19. The Kier molecular flexibility index (Phi) is 5.64. The highest BCUT2D eigenvalue weighted by atomic mass is 19.3. The third-order valence-corrected chi connectivity index (χ3v) is 3.26. The van der Waals surface area contributed by atoms with E-state index in [1.807, 2.05) is 18.2 Å². The summed E-state index contributed by atoms with van der Waals surface area (Å²) in [4.78, 5) is 7.62. The first-order valence-corrected chi connectivity index (χ1v) is 6.96. The molecule has 1 aromatic carbocycles. The van der Waals surface area contributed by atoms with Crippen molar-refractivity contribution in [1.29, 1.82) is 0 Å². The number of hydrogen-bond donors (Lipinski definition) is 1. The summed E-state index contributed by atoms with van der Waals surface area (Å²) in [5, 5.41) is 0. The number of imidazole rings is 1. The molecule has 2 rings (SSSR count). The SMILES string of the molecule is COCCc1ccc2nc(CCOC(C)C(F)F)[nH]c2c1. The molecule has 4 nitrogen and oxygen atoms in total. The summed E-state index contributed by atoms with van der Waals surface area (Å²) in [7, 11) is 1.67. The molecule has 0 saturated heterocycles. The molecule has 0 aliphatic heterocycles. The van der Waals surface area contributed by atoms with Gasteiger partial charge in [-0.15, -0.1) is 0 Å². The zero-order valence-corrected chi connectivity index (χ0v) is 12.2. The maximum absolute atomic E-state index is 12.3. The number of halogens is 2. The van der Waals surface area contributed by atoms with Crippen molar-refractivity contribution in [2.75, 3.05) is 20.3 Å². The summed E-state index contributed by atoms with van der Waals surface area (Å²) < 4.78 is 34.7. The first-order chi connectivity index (χ1) is 10.1. The Morgan fingerprint density at radius 2 is 2.05 bits per heavy atom. The van der Waals surface area contributed by atoms with Gasteiger partial charge < -0.3 is 14.5 Å². The predicted octanol–water partition coefficient (Wildman–Crippen LogP) is 2.96. The second kappa shape index (κ2) is 7.47. The van der Waals surface area contributed by atoms with Crippen LogP contribution in [0.15, 0.2) is 18.2 Å². The number of fused-ring (bicyclic) bond motifs is 1. The lowest BCUT2D eigenvalue weighted by atomic mass is 10.1. The second-order valence-corrected chi connectivity index (χ2v) is 4.94. The molecule has 1 aromatic heterocycles. The summed E-state index contributed by atoms with van der Waals surface area (Å²) in [5.41, 5.74) is 2.98. The molecule has 116 valence electrons. The van der Waals surface area contributed by atoms with Gasteiger partial charge in [-0.2, -0.15) is 0 Å². The van der Waals surface area contributed by atoms with Crippen LogP contribution >= 0.6 is 0 Å². The van der Waals surface area contributed by atoms with Crippen LogP contribution in [0, 0.1) is 0 Å². The van der Waals surface area contributed by atoms with Gasteiger partial charge in [0.25, 0.3) is 6.43 Å². The number of ether oxygens (including phenoxy) is 2. The maximum Gasteiger partial charge on any atom is 0.264 e. The number of methoxy groups -OCH3 is 1. The Morgan fingerprint density at radius 1 is 1.24 bits per heavy atom. The highest BCUT2D eigenvalue weighted by molar-refractivity contribution is 5.75. The minimum absolute atomic E-state index is 0.224. The van der Waals surface area contributed by atoms with E-state index in [9.17, 15) is 8.78 Å². The Labute approximate surface area is 122 Å². The first kappa shape index (κ1) is 15.9. The standard InChI is InChI=1S/C15H20F2N2O2/c1-10(15(16)17)21-8-6-14-18-12-4-3-11(5-7-20-2)9-13(12)19-14/h3-4,9-10,15H,5-8H2,1-2H3,(H,18,19). The molecule has 0 amide bonds. The number of hydrogen-bond acceptors (Lipinski definition) is 3. The van der Waals surface area contributed by atoms with Gasteiger partial charge in [0.15, 0.2) is 0 Å². The van der Waals surface area contributed by atoms with Crippen molar-refractivity contribution in [2.24, 2.45) is 0 Å². The molecule has 1 N–H and O–H groups in total. The molecule has 0 fully saturated rings. The second-order valence-electron chi connectivity index (χ2n) is 4.94. The fraction of sp³-hybridized carbons (Fsp3) is 0.533. The van der Waals surface area contributed by atoms with Crippen molar-refractivity contribution in [3.63, 3.8) is 0 Å². The number of benzene rings is 1. The van der Waals surface area contributed by atoms with Crippen molar-refractivity contribution in [1.82, 2.24) is 9.97 Å². The normalized spacial score (nSPS) is 13.2. The van der Waals surface area contributed by atoms with Crippen molar-refractivity contribution >= 4 is 11.0 Å². The smallest absolute Gasteiger partial charge is 0.264 e. The molecule has 0 radical (unpaired) electrons. The van der Waals surface area contributed by atoms with E-state index in [1.54, 1.807) is 7.11 Å². The molecule has 0 aliphatic carbocycles. The van der Waals surface area contributed by atoms with Crippen LogP contribution in [0.5, 0.6) is 0 Å². The average molecular weight is 298 g/mol. The highest BCUT2D eigenvalue weighted by Crippen LogP contribution is 2.15. The van der Waals surface area contributed by atoms with Crippen LogP contribution in [0.1, 0.15) is 18.3 Å². The van der Waals surface area contributed by atoms with Gasteiger partial charge in [0.2, 0.25) is 0 Å². The highest BCUT2D eigenvalue weighted by Gasteiger charge is 2.14. The van der Waals surface area contributed by atoms with Crippen molar-refractivity contribution < 1.29 is 18.3 Å². The molecule has 0 saturated carbocycles. The summed E-state index contributed by atoms with van der Waals surface area (Å²) >= 11 is 0. The van der Waals surface area contributed by atoms with Crippen LogP contribution in [0.25, 0.3) is 11.0 Å². The molecule has 0 bridgehead atoms. The van der Waals surface area contributed by atoms with Gasteiger partial charge >= 0.3 is 0 Å². The Bertz CT molecular complexity index is 572. The van der Waals surface area contributed by atoms with E-state index < -0.39 is 12.5 Å². The fourth-order valence-corrected chi connectivity index (χ4v) is 2.02. The number of H-pyrrole nitrogens is 1. The van der Waals surface area contributed by atoms with E-state index in [0.29, 0.717) is 13.0 Å². The van der Waals surface area contributed by atoms with Crippen molar-refractivity contribution in [2.45, 2.75) is 32.3 Å². The van der Waals surface area contributed by atoms with Gasteiger partial charge in [-0.3, -0.25) is 0 Å². The summed E-state index contributed by atoms with van der Waals surface area (Å²) in [5.74, 6) is 0.746. The molecular weight excluding hydrogens is 278 g/mol. The Morgan fingerprint density at radius 3 is 2.76 bits per heavy atom. The number of aromatic nitrogens is 2. The van der Waals surface area contributed by atoms with E-state index in [4.69, 9.17) is 9.47 Å². The summed E-state index contributed by atoms with van der Waals surface area (Å²) in [6, 6.07) is 6.00. The summed E-state index contributed by atoms with van der Waals surface area (Å²) in [6.07, 6.45) is -2.17. The van der Waals surface area contributed by atoms with E-state index in [-0.39, 0.29) is 6.61 Å². The monoisotopic (exact) mass is 298 g/mol. The minimum Gasteiger partial charge on any atom is -0.384 e. The number of rotatable bonds is 8. The van der Waals surface area contributed by atoms with Crippen LogP contribution < -0.4 is 0 Å². The van der Waals surface area contributed by atoms with E-state index in [2.05, 4.69) is 9.97 Å². The number of aromatic amines is 1. The third kappa shape index (κ3) is 4.47. The molecule has 1 unspecified atom stereocenters. The molecule has 21 heavy (non-hydrogen) atoms. The van der Waals surface area contributed by atoms with Crippen LogP contribution in [-0.4, -0.2) is 42.8 Å². The Balaban J connectivity index is 1.95. The predicted molar refractivity (Wildman–Crippen MR) is 76.8 cm³/mol. The average Bonchev–Trinajstić information content (AvgIpc) is 2.86. The Hall–Kier alpha value is -1.53. The number of nitrogens with zero attached hydrogens (tertiary/aromatic N) is 1. The molecular formula is C15H20F2N2O2. The lowest BCUT2D eigenvalue weighted by molar-refractivity contribution is -0.0440. The zero-order chi connectivity index (χ0) is 15.2. The van der Waals surface area contributed by atoms with Crippen LogP contribution in [-0.2, 0) is 22.3 Å². The van der Waals surface area contributed by atoms with Gasteiger partial charge in [0.05, 0.1) is 24.2 Å². The van der Waals surface area contributed by atoms with Gasteiger partial charge in [0.1, 0.15) is 11.9 Å². The van der Waals surface area contributed by atoms with Gasteiger partial charge in [-0.25, -0.2) is 13.8 Å². The number of nitrogens with one attached hydrogen (secondary N) is 1. The first-order valence-electron chi connectivity index (χ1n) is 6.96. The molecule has 0 spiro atoms. The minimum atomic E-state index is -2.45. The summed E-state index contributed by atoms with van der Waals surface area (Å²) in [6.45, 7) is 2.26. The van der Waals surface area contributed by atoms with Crippen LogP contribution in [0.4, 0.5) is 8.78 Å². The van der Waals surface area contributed by atoms with Gasteiger partial charge in [0, 0.05) is 13.5 Å². The topological polar surface area (TPSA) is 47.1 Å².